The number of ketones is 1. The van der Waals surface area contributed by atoms with Crippen LogP contribution in [0.25, 0.3) is 5.69 Å². The first kappa shape index (κ1) is 15.8. The number of amides is 1. The molecule has 25 heavy (non-hydrogen) atoms. The predicted octanol–water partition coefficient (Wildman–Crippen LogP) is 3.45. The Labute approximate surface area is 153 Å². The van der Waals surface area contributed by atoms with E-state index in [-0.39, 0.29) is 11.7 Å². The quantitative estimate of drug-likeness (QED) is 0.624. The molecule has 0 radical (unpaired) electrons. The van der Waals surface area contributed by atoms with Crippen molar-refractivity contribution in [3.05, 3.63) is 81.8 Å². The van der Waals surface area contributed by atoms with Crippen LogP contribution in [0.4, 0.5) is 0 Å². The molecule has 124 valence electrons. The van der Waals surface area contributed by atoms with Crippen LogP contribution in [-0.4, -0.2) is 33.2 Å². The second-order valence-electron chi connectivity index (χ2n) is 5.93. The zero-order chi connectivity index (χ0) is 17.6. The number of benzene rings is 2. The highest BCUT2D eigenvalue weighted by molar-refractivity contribution is 9.10. The van der Waals surface area contributed by atoms with Gasteiger partial charge in [0.2, 0.25) is 5.78 Å². The lowest BCUT2D eigenvalue weighted by Crippen LogP contribution is -2.25. The van der Waals surface area contributed by atoms with E-state index in [1.165, 1.54) is 0 Å². The molecule has 0 bridgehead atoms. The van der Waals surface area contributed by atoms with E-state index in [1.807, 2.05) is 34.9 Å². The molecule has 0 atom stereocenters. The minimum atomic E-state index is -0.143. The van der Waals surface area contributed by atoms with Gasteiger partial charge in [-0.2, -0.15) is 0 Å². The van der Waals surface area contributed by atoms with Crippen molar-refractivity contribution >= 4 is 27.6 Å². The number of imidazole rings is 1. The van der Waals surface area contributed by atoms with Crippen molar-refractivity contribution in [3.8, 4) is 5.69 Å². The molecule has 4 rings (SSSR count). The molecule has 5 nitrogen and oxygen atoms in total. The third-order valence-electron chi connectivity index (χ3n) is 4.30. The number of aromatic nitrogens is 2. The van der Waals surface area contributed by atoms with E-state index in [9.17, 15) is 9.59 Å². The number of carbonyl (C=O) groups is 2. The molecule has 6 heteroatoms. The molecule has 3 aromatic rings. The van der Waals surface area contributed by atoms with Gasteiger partial charge in [-0.25, -0.2) is 4.98 Å². The predicted molar refractivity (Wildman–Crippen MR) is 96.9 cm³/mol. The third kappa shape index (κ3) is 2.59. The van der Waals surface area contributed by atoms with Crippen molar-refractivity contribution in [1.82, 2.24) is 14.5 Å². The first-order valence-corrected chi connectivity index (χ1v) is 8.57. The van der Waals surface area contributed by atoms with Gasteiger partial charge in [0.1, 0.15) is 12.0 Å². The Kier molecular flexibility index (Phi) is 3.77. The van der Waals surface area contributed by atoms with E-state index >= 15 is 0 Å². The molecule has 0 N–H and O–H groups in total. The van der Waals surface area contributed by atoms with E-state index in [2.05, 4.69) is 20.9 Å². The maximum absolute atomic E-state index is 12.9. The van der Waals surface area contributed by atoms with Gasteiger partial charge in [-0.15, -0.1) is 0 Å². The molecule has 1 aliphatic heterocycles. The lowest BCUT2D eigenvalue weighted by atomic mass is 10.1. The lowest BCUT2D eigenvalue weighted by molar-refractivity contribution is 0.0786. The van der Waals surface area contributed by atoms with Gasteiger partial charge in [0.05, 0.1) is 23.5 Å². The first-order chi connectivity index (χ1) is 12.1. The fourth-order valence-electron chi connectivity index (χ4n) is 3.04. The van der Waals surface area contributed by atoms with Crippen LogP contribution >= 0.6 is 15.9 Å². The molecule has 1 aromatic heterocycles. The van der Waals surface area contributed by atoms with Crippen molar-refractivity contribution in [3.63, 3.8) is 0 Å². The smallest absolute Gasteiger partial charge is 0.256 e. The Hall–Kier alpha value is -2.73. The summed E-state index contributed by atoms with van der Waals surface area (Å²) in [7, 11) is 1.73. The molecule has 0 saturated heterocycles. The number of fused-ring (bicyclic) bond motifs is 3. The van der Waals surface area contributed by atoms with Gasteiger partial charge < -0.3 is 4.90 Å². The SMILES string of the molecule is CN1Cc2c(C(=O)c3ccccc3)ncn2-c2ccc(Br)cc2C1=O. The number of halogens is 1. The molecule has 1 aliphatic rings. The van der Waals surface area contributed by atoms with Crippen LogP contribution < -0.4 is 0 Å². The lowest BCUT2D eigenvalue weighted by Gasteiger charge is -2.14. The van der Waals surface area contributed by atoms with Crippen molar-refractivity contribution < 1.29 is 9.59 Å². The van der Waals surface area contributed by atoms with Crippen molar-refractivity contribution in [2.45, 2.75) is 6.54 Å². The fourth-order valence-corrected chi connectivity index (χ4v) is 3.40. The Morgan fingerprint density at radius 1 is 1.16 bits per heavy atom. The topological polar surface area (TPSA) is 55.2 Å². The average molecular weight is 396 g/mol. The standard InChI is InChI=1S/C19H14BrN3O2/c1-22-10-16-17(18(24)12-5-3-2-4-6-12)21-11-23(16)15-8-7-13(20)9-14(15)19(22)25/h2-9,11H,10H2,1H3. The molecule has 2 heterocycles. The van der Waals surface area contributed by atoms with Gasteiger partial charge in [0.15, 0.2) is 0 Å². The molecule has 0 saturated carbocycles. The molecule has 0 unspecified atom stereocenters. The summed E-state index contributed by atoms with van der Waals surface area (Å²) in [6, 6.07) is 14.6. The highest BCUT2D eigenvalue weighted by Crippen LogP contribution is 2.28. The normalized spacial score (nSPS) is 13.2. The molecule has 1 amide bonds. The first-order valence-electron chi connectivity index (χ1n) is 7.77. The monoisotopic (exact) mass is 395 g/mol. The summed E-state index contributed by atoms with van der Waals surface area (Å²) in [6.07, 6.45) is 1.62. The summed E-state index contributed by atoms with van der Waals surface area (Å²) in [5.74, 6) is -0.228. The zero-order valence-electron chi connectivity index (χ0n) is 13.4. The van der Waals surface area contributed by atoms with E-state index < -0.39 is 0 Å². The maximum atomic E-state index is 12.9. The van der Waals surface area contributed by atoms with E-state index in [0.29, 0.717) is 29.1 Å². The highest BCUT2D eigenvalue weighted by atomic mass is 79.9. The molecular weight excluding hydrogens is 382 g/mol. The van der Waals surface area contributed by atoms with Crippen LogP contribution in [-0.2, 0) is 6.54 Å². The van der Waals surface area contributed by atoms with Crippen LogP contribution in [0.3, 0.4) is 0 Å². The van der Waals surface area contributed by atoms with Crippen LogP contribution in [0.1, 0.15) is 32.1 Å². The summed E-state index contributed by atoms with van der Waals surface area (Å²) >= 11 is 3.41. The van der Waals surface area contributed by atoms with Gasteiger partial charge in [-0.05, 0) is 18.2 Å². The van der Waals surface area contributed by atoms with Crippen LogP contribution in [0.5, 0.6) is 0 Å². The molecule has 0 spiro atoms. The Morgan fingerprint density at radius 2 is 1.92 bits per heavy atom. The molecular formula is C19H14BrN3O2. The minimum Gasteiger partial charge on any atom is -0.336 e. The van der Waals surface area contributed by atoms with Gasteiger partial charge in [-0.1, -0.05) is 46.3 Å². The van der Waals surface area contributed by atoms with Crippen LogP contribution in [0, 0.1) is 0 Å². The van der Waals surface area contributed by atoms with Gasteiger partial charge in [0, 0.05) is 17.1 Å². The summed E-state index contributed by atoms with van der Waals surface area (Å²) in [5.41, 5.74) is 2.98. The fraction of sp³-hybridized carbons (Fsp3) is 0.105. The minimum absolute atomic E-state index is 0.0851. The van der Waals surface area contributed by atoms with Crippen LogP contribution in [0.2, 0.25) is 0 Å². The average Bonchev–Trinajstić information content (AvgIpc) is 3.00. The van der Waals surface area contributed by atoms with Gasteiger partial charge >= 0.3 is 0 Å². The Bertz CT molecular complexity index is 995. The van der Waals surface area contributed by atoms with Gasteiger partial charge in [0.25, 0.3) is 5.91 Å². The molecule has 0 fully saturated rings. The Morgan fingerprint density at radius 3 is 2.68 bits per heavy atom. The van der Waals surface area contributed by atoms with Crippen LogP contribution in [0.15, 0.2) is 59.3 Å². The second-order valence-corrected chi connectivity index (χ2v) is 6.84. The number of nitrogens with zero attached hydrogens (tertiary/aromatic N) is 3. The number of hydrogen-bond donors (Lipinski definition) is 0. The largest absolute Gasteiger partial charge is 0.336 e. The molecule has 2 aromatic carbocycles. The van der Waals surface area contributed by atoms with Crippen molar-refractivity contribution in [2.24, 2.45) is 0 Å². The summed E-state index contributed by atoms with van der Waals surface area (Å²) in [4.78, 5) is 31.5. The number of carbonyl (C=O) groups excluding carboxylic acids is 2. The third-order valence-corrected chi connectivity index (χ3v) is 4.79. The van der Waals surface area contributed by atoms with Crippen molar-refractivity contribution in [2.75, 3.05) is 7.05 Å². The number of rotatable bonds is 2. The van der Waals surface area contributed by atoms with E-state index in [4.69, 9.17) is 0 Å². The molecule has 0 aliphatic carbocycles. The summed E-state index contributed by atoms with van der Waals surface area (Å²) in [6.45, 7) is 0.318. The number of hydrogen-bond acceptors (Lipinski definition) is 3. The zero-order valence-corrected chi connectivity index (χ0v) is 15.0. The summed E-state index contributed by atoms with van der Waals surface area (Å²) in [5, 5.41) is 0. The summed E-state index contributed by atoms with van der Waals surface area (Å²) < 4.78 is 2.66. The second kappa shape index (κ2) is 5.97. The van der Waals surface area contributed by atoms with Gasteiger partial charge in [-0.3, -0.25) is 14.2 Å². The Balaban J connectivity index is 1.89. The van der Waals surface area contributed by atoms with E-state index in [0.717, 1.165) is 10.2 Å². The maximum Gasteiger partial charge on any atom is 0.256 e. The van der Waals surface area contributed by atoms with E-state index in [1.54, 1.807) is 36.5 Å². The highest BCUT2D eigenvalue weighted by Gasteiger charge is 2.28. The van der Waals surface area contributed by atoms with Crippen molar-refractivity contribution in [1.29, 1.82) is 0 Å².